The molecule has 0 radical (unpaired) electrons. The third-order valence-corrected chi connectivity index (χ3v) is 5.47. The van der Waals surface area contributed by atoms with Crippen molar-refractivity contribution in [3.63, 3.8) is 0 Å². The van der Waals surface area contributed by atoms with Crippen LogP contribution in [0.4, 0.5) is 0 Å². The monoisotopic (exact) mass is 380 g/mol. The molecule has 1 aromatic heterocycles. The van der Waals surface area contributed by atoms with E-state index in [1.165, 1.54) is 6.33 Å². The van der Waals surface area contributed by atoms with Gasteiger partial charge in [-0.3, -0.25) is 9.59 Å². The molecule has 148 valence electrons. The zero-order valence-corrected chi connectivity index (χ0v) is 16.6. The Morgan fingerprint density at radius 1 is 1.18 bits per heavy atom. The maximum Gasteiger partial charge on any atom is 0.228 e. The van der Waals surface area contributed by atoms with Crippen molar-refractivity contribution in [3.05, 3.63) is 48.5 Å². The molecule has 0 bridgehead atoms. The van der Waals surface area contributed by atoms with Gasteiger partial charge in [0.25, 0.3) is 0 Å². The van der Waals surface area contributed by atoms with E-state index in [0.717, 1.165) is 36.1 Å². The number of nitrogens with one attached hydrogen (secondary N) is 1. The van der Waals surface area contributed by atoms with Gasteiger partial charge < -0.3 is 10.2 Å². The third-order valence-electron chi connectivity index (χ3n) is 5.47. The number of hydrogen-bond acceptors (Lipinski definition) is 4. The summed E-state index contributed by atoms with van der Waals surface area (Å²) in [5, 5.41) is 3.01. The van der Waals surface area contributed by atoms with Gasteiger partial charge in [0, 0.05) is 44.0 Å². The van der Waals surface area contributed by atoms with Crippen molar-refractivity contribution in [1.29, 1.82) is 0 Å². The predicted molar refractivity (Wildman–Crippen MR) is 108 cm³/mol. The van der Waals surface area contributed by atoms with Crippen LogP contribution in [0.1, 0.15) is 38.7 Å². The van der Waals surface area contributed by atoms with Gasteiger partial charge in [-0.15, -0.1) is 0 Å². The Hall–Kier alpha value is -2.76. The van der Waals surface area contributed by atoms with Gasteiger partial charge in [0.1, 0.15) is 6.33 Å². The molecule has 1 aromatic carbocycles. The second-order valence-corrected chi connectivity index (χ2v) is 7.37. The highest BCUT2D eigenvalue weighted by molar-refractivity contribution is 5.85. The van der Waals surface area contributed by atoms with Gasteiger partial charge in [-0.1, -0.05) is 31.2 Å². The zero-order valence-electron chi connectivity index (χ0n) is 16.6. The van der Waals surface area contributed by atoms with Gasteiger partial charge in [-0.2, -0.15) is 0 Å². The standard InChI is InChI=1S/C22H28N4O2/c1-3-20(27)26-11-7-10-22(15-26,21(28)25-4-2)12-17-8-5-6-9-19(17)18-13-23-16-24-14-18/h5-6,8-9,13-14,16H,3-4,7,10-12,15H2,1-2H3,(H,25,28)/t22-/m0/s1. The van der Waals surface area contributed by atoms with Crippen molar-refractivity contribution < 1.29 is 9.59 Å². The van der Waals surface area contributed by atoms with Gasteiger partial charge in [0.05, 0.1) is 5.41 Å². The summed E-state index contributed by atoms with van der Waals surface area (Å²) in [5.74, 6) is 0.140. The van der Waals surface area contributed by atoms with E-state index < -0.39 is 5.41 Å². The first kappa shape index (κ1) is 20.0. The number of benzene rings is 1. The number of aromatic nitrogens is 2. The number of amides is 2. The van der Waals surface area contributed by atoms with Gasteiger partial charge in [-0.25, -0.2) is 9.97 Å². The van der Waals surface area contributed by atoms with E-state index in [9.17, 15) is 9.59 Å². The van der Waals surface area contributed by atoms with Gasteiger partial charge >= 0.3 is 0 Å². The fraction of sp³-hybridized carbons (Fsp3) is 0.455. The molecule has 1 aliphatic rings. The summed E-state index contributed by atoms with van der Waals surface area (Å²) in [6.07, 6.45) is 7.74. The molecule has 28 heavy (non-hydrogen) atoms. The summed E-state index contributed by atoms with van der Waals surface area (Å²) >= 11 is 0. The Labute approximate surface area is 166 Å². The van der Waals surface area contributed by atoms with Crippen LogP contribution in [-0.4, -0.2) is 46.3 Å². The first-order valence-corrected chi connectivity index (χ1v) is 9.99. The van der Waals surface area contributed by atoms with Gasteiger partial charge in [-0.05, 0) is 37.3 Å². The van der Waals surface area contributed by atoms with Crippen LogP contribution < -0.4 is 5.32 Å². The van der Waals surface area contributed by atoms with Crippen LogP contribution in [0.25, 0.3) is 11.1 Å². The number of carbonyl (C=O) groups excluding carboxylic acids is 2. The van der Waals surface area contributed by atoms with Crippen LogP contribution in [0, 0.1) is 5.41 Å². The Kier molecular flexibility index (Phi) is 6.39. The third kappa shape index (κ3) is 4.21. The molecule has 6 nitrogen and oxygen atoms in total. The van der Waals surface area contributed by atoms with Crippen LogP contribution in [0.15, 0.2) is 43.0 Å². The molecule has 2 amide bonds. The lowest BCUT2D eigenvalue weighted by molar-refractivity contribution is -0.141. The minimum absolute atomic E-state index is 0.0303. The molecule has 0 aliphatic carbocycles. The fourth-order valence-corrected chi connectivity index (χ4v) is 4.09. The number of piperidine rings is 1. The van der Waals surface area contributed by atoms with Gasteiger partial charge in [0.15, 0.2) is 0 Å². The number of carbonyl (C=O) groups is 2. The molecule has 0 unspecified atom stereocenters. The van der Waals surface area contributed by atoms with E-state index in [2.05, 4.69) is 21.4 Å². The maximum atomic E-state index is 13.2. The van der Waals surface area contributed by atoms with E-state index in [1.54, 1.807) is 12.4 Å². The summed E-state index contributed by atoms with van der Waals surface area (Å²) in [5.41, 5.74) is 2.42. The van der Waals surface area contributed by atoms with Crippen molar-refractivity contribution in [2.24, 2.45) is 5.41 Å². The van der Waals surface area contributed by atoms with Crippen molar-refractivity contribution in [2.75, 3.05) is 19.6 Å². The van der Waals surface area contributed by atoms with E-state index in [1.807, 2.05) is 36.9 Å². The molecule has 2 heterocycles. The van der Waals surface area contributed by atoms with Crippen LogP contribution in [0.2, 0.25) is 0 Å². The first-order chi connectivity index (χ1) is 13.6. The summed E-state index contributed by atoms with van der Waals surface area (Å²) in [6, 6.07) is 8.07. The number of rotatable bonds is 6. The van der Waals surface area contributed by atoms with Crippen LogP contribution in [-0.2, 0) is 16.0 Å². The molecular weight excluding hydrogens is 352 g/mol. The quantitative estimate of drug-likeness (QED) is 0.836. The summed E-state index contributed by atoms with van der Waals surface area (Å²) in [7, 11) is 0. The maximum absolute atomic E-state index is 13.2. The lowest BCUT2D eigenvalue weighted by Gasteiger charge is -2.42. The zero-order chi connectivity index (χ0) is 20.0. The highest BCUT2D eigenvalue weighted by atomic mass is 16.2. The normalized spacial score (nSPS) is 19.3. The van der Waals surface area contributed by atoms with Crippen LogP contribution in [0.5, 0.6) is 0 Å². The van der Waals surface area contributed by atoms with Crippen LogP contribution in [0.3, 0.4) is 0 Å². The average Bonchev–Trinajstić information content (AvgIpc) is 2.74. The molecule has 0 spiro atoms. The molecule has 0 saturated carbocycles. The molecule has 1 fully saturated rings. The smallest absolute Gasteiger partial charge is 0.228 e. The molecule has 1 atom stereocenters. The average molecular weight is 380 g/mol. The molecule has 6 heteroatoms. The number of hydrogen-bond donors (Lipinski definition) is 1. The van der Waals surface area contributed by atoms with E-state index in [4.69, 9.17) is 0 Å². The number of nitrogens with zero attached hydrogens (tertiary/aromatic N) is 3. The summed E-state index contributed by atoms with van der Waals surface area (Å²) in [6.45, 7) is 5.57. The topological polar surface area (TPSA) is 75.2 Å². The molecular formula is C22H28N4O2. The highest BCUT2D eigenvalue weighted by Gasteiger charge is 2.43. The largest absolute Gasteiger partial charge is 0.356 e. The SMILES string of the molecule is CCNC(=O)[C@]1(Cc2ccccc2-c2cncnc2)CCCN(C(=O)CC)C1. The Bertz CT molecular complexity index is 824. The second-order valence-electron chi connectivity index (χ2n) is 7.37. The molecule has 1 aliphatic heterocycles. The van der Waals surface area contributed by atoms with Crippen molar-refractivity contribution >= 4 is 11.8 Å². The Balaban J connectivity index is 1.97. The predicted octanol–water partition coefficient (Wildman–Crippen LogP) is 2.84. The van der Waals surface area contributed by atoms with E-state index >= 15 is 0 Å². The van der Waals surface area contributed by atoms with E-state index in [-0.39, 0.29) is 11.8 Å². The Morgan fingerprint density at radius 3 is 2.64 bits per heavy atom. The Morgan fingerprint density at radius 2 is 1.93 bits per heavy atom. The molecule has 2 aromatic rings. The molecule has 1 N–H and O–H groups in total. The van der Waals surface area contributed by atoms with Crippen molar-refractivity contribution in [2.45, 2.75) is 39.5 Å². The van der Waals surface area contributed by atoms with Crippen molar-refractivity contribution in [3.8, 4) is 11.1 Å². The first-order valence-electron chi connectivity index (χ1n) is 9.99. The van der Waals surface area contributed by atoms with Crippen LogP contribution >= 0.6 is 0 Å². The molecule has 3 rings (SSSR count). The van der Waals surface area contributed by atoms with Crippen molar-refractivity contribution in [1.82, 2.24) is 20.2 Å². The summed E-state index contributed by atoms with van der Waals surface area (Å²) in [4.78, 5) is 35.6. The van der Waals surface area contributed by atoms with E-state index in [0.29, 0.717) is 25.9 Å². The number of likely N-dealkylation sites (tertiary alicyclic amines) is 1. The highest BCUT2D eigenvalue weighted by Crippen LogP contribution is 2.37. The molecule has 1 saturated heterocycles. The minimum atomic E-state index is -0.620. The summed E-state index contributed by atoms with van der Waals surface area (Å²) < 4.78 is 0. The lowest BCUT2D eigenvalue weighted by atomic mass is 9.73. The lowest BCUT2D eigenvalue weighted by Crippen LogP contribution is -2.54. The second kappa shape index (κ2) is 8.95. The minimum Gasteiger partial charge on any atom is -0.356 e. The fourth-order valence-electron chi connectivity index (χ4n) is 4.09. The van der Waals surface area contributed by atoms with Gasteiger partial charge in [0.2, 0.25) is 11.8 Å².